The molecule has 0 radical (unpaired) electrons. The van der Waals surface area contributed by atoms with E-state index in [-0.39, 0.29) is 29.5 Å². The first-order valence-electron chi connectivity index (χ1n) is 9.62. The summed E-state index contributed by atoms with van der Waals surface area (Å²) in [6.07, 6.45) is 0.735. The van der Waals surface area contributed by atoms with E-state index in [1.165, 1.54) is 23.1 Å². The summed E-state index contributed by atoms with van der Waals surface area (Å²) in [7, 11) is 1.56. The van der Waals surface area contributed by atoms with Crippen molar-refractivity contribution >= 4 is 17.8 Å². The fourth-order valence-electron chi connectivity index (χ4n) is 3.25. The van der Waals surface area contributed by atoms with Crippen LogP contribution in [0.5, 0.6) is 5.75 Å². The van der Waals surface area contributed by atoms with E-state index < -0.39 is 5.97 Å². The molecule has 2 amide bonds. The minimum Gasteiger partial charge on any atom is -0.496 e. The maximum Gasteiger partial charge on any atom is 0.338 e. The summed E-state index contributed by atoms with van der Waals surface area (Å²) in [5, 5.41) is 0. The number of hydrogen-bond donors (Lipinski definition) is 0. The monoisotopic (exact) mass is 395 g/mol. The zero-order valence-corrected chi connectivity index (χ0v) is 17.2. The van der Waals surface area contributed by atoms with Crippen LogP contribution in [-0.4, -0.2) is 36.3 Å². The largest absolute Gasteiger partial charge is 0.496 e. The lowest BCUT2D eigenvalue weighted by molar-refractivity contribution is 0.0469. The Morgan fingerprint density at radius 2 is 1.76 bits per heavy atom. The van der Waals surface area contributed by atoms with Gasteiger partial charge in [-0.05, 0) is 49.6 Å². The summed E-state index contributed by atoms with van der Waals surface area (Å²) in [6.45, 7) is 6.44. The first kappa shape index (κ1) is 20.6. The molecule has 1 heterocycles. The van der Waals surface area contributed by atoms with Crippen LogP contribution in [0.15, 0.2) is 36.4 Å². The van der Waals surface area contributed by atoms with Crippen LogP contribution in [0.1, 0.15) is 62.5 Å². The lowest BCUT2D eigenvalue weighted by atomic mass is 10.1. The van der Waals surface area contributed by atoms with Crippen LogP contribution in [0.25, 0.3) is 0 Å². The highest BCUT2D eigenvalue weighted by atomic mass is 16.5. The summed E-state index contributed by atoms with van der Waals surface area (Å²) in [5.41, 5.74) is 2.60. The minimum atomic E-state index is -0.558. The minimum absolute atomic E-state index is 0.0498. The molecule has 0 bridgehead atoms. The van der Waals surface area contributed by atoms with Gasteiger partial charge in [-0.25, -0.2) is 4.79 Å². The molecule has 0 unspecified atom stereocenters. The van der Waals surface area contributed by atoms with Crippen LogP contribution in [0.3, 0.4) is 0 Å². The maximum absolute atomic E-state index is 12.6. The second-order valence-electron chi connectivity index (χ2n) is 7.60. The van der Waals surface area contributed by atoms with Gasteiger partial charge in [0.2, 0.25) is 0 Å². The van der Waals surface area contributed by atoms with Gasteiger partial charge in [-0.3, -0.25) is 14.5 Å². The summed E-state index contributed by atoms with van der Waals surface area (Å²) >= 11 is 0. The van der Waals surface area contributed by atoms with E-state index in [2.05, 4.69) is 0 Å². The molecule has 0 saturated carbocycles. The van der Waals surface area contributed by atoms with Crippen molar-refractivity contribution in [3.8, 4) is 5.75 Å². The van der Waals surface area contributed by atoms with Crippen molar-refractivity contribution in [1.82, 2.24) is 4.90 Å². The predicted octanol–water partition coefficient (Wildman–Crippen LogP) is 4.00. The van der Waals surface area contributed by atoms with Crippen molar-refractivity contribution in [3.63, 3.8) is 0 Å². The molecule has 0 fully saturated rings. The van der Waals surface area contributed by atoms with Crippen LogP contribution in [0.2, 0.25) is 0 Å². The smallest absolute Gasteiger partial charge is 0.338 e. The van der Waals surface area contributed by atoms with Crippen molar-refractivity contribution < 1.29 is 23.9 Å². The Labute approximate surface area is 170 Å². The first-order valence-corrected chi connectivity index (χ1v) is 9.62. The fraction of sp³-hybridized carbons (Fsp3) is 0.348. The van der Waals surface area contributed by atoms with Crippen molar-refractivity contribution in [2.75, 3.05) is 13.7 Å². The molecule has 0 aromatic heterocycles. The summed E-state index contributed by atoms with van der Waals surface area (Å²) < 4.78 is 10.7. The van der Waals surface area contributed by atoms with Gasteiger partial charge in [-0.1, -0.05) is 25.5 Å². The van der Waals surface area contributed by atoms with Gasteiger partial charge < -0.3 is 9.47 Å². The number of aryl methyl sites for hydroxylation is 1. The Balaban J connectivity index is 1.74. The molecule has 6 heteroatoms. The number of carbonyl (C=O) groups excluding carboxylic acids is 3. The molecule has 0 N–H and O–H groups in total. The summed E-state index contributed by atoms with van der Waals surface area (Å²) in [6, 6.07) is 10.1. The van der Waals surface area contributed by atoms with E-state index in [4.69, 9.17) is 9.47 Å². The van der Waals surface area contributed by atoms with E-state index in [9.17, 15) is 14.4 Å². The lowest BCUT2D eigenvalue weighted by Gasteiger charge is -2.14. The molecule has 0 atom stereocenters. The zero-order valence-electron chi connectivity index (χ0n) is 17.2. The Morgan fingerprint density at radius 3 is 2.45 bits per heavy atom. The molecular weight excluding hydrogens is 370 g/mol. The third-order valence-corrected chi connectivity index (χ3v) is 4.93. The SMILES string of the molecule is COc1ccc(C)cc1COC(=O)c1ccc2c(c1)C(=O)N(CCC(C)C)C2=O. The first-order chi connectivity index (χ1) is 13.8. The number of methoxy groups -OCH3 is 1. The van der Waals surface area contributed by atoms with Crippen molar-refractivity contribution in [2.24, 2.45) is 5.92 Å². The molecule has 0 spiro atoms. The van der Waals surface area contributed by atoms with Crippen LogP contribution in [-0.2, 0) is 11.3 Å². The van der Waals surface area contributed by atoms with Crippen molar-refractivity contribution in [3.05, 3.63) is 64.2 Å². The Morgan fingerprint density at radius 1 is 1.03 bits per heavy atom. The van der Waals surface area contributed by atoms with Crippen LogP contribution >= 0.6 is 0 Å². The van der Waals surface area contributed by atoms with Crippen molar-refractivity contribution in [1.29, 1.82) is 0 Å². The maximum atomic E-state index is 12.6. The molecule has 1 aliphatic heterocycles. The third kappa shape index (κ3) is 4.31. The summed E-state index contributed by atoms with van der Waals surface area (Å²) in [4.78, 5) is 38.9. The van der Waals surface area contributed by atoms with Gasteiger partial charge in [0, 0.05) is 12.1 Å². The number of amides is 2. The van der Waals surface area contributed by atoms with Gasteiger partial charge in [-0.15, -0.1) is 0 Å². The topological polar surface area (TPSA) is 72.9 Å². The molecule has 29 heavy (non-hydrogen) atoms. The Hall–Kier alpha value is -3.15. The Bertz CT molecular complexity index is 964. The van der Waals surface area contributed by atoms with E-state index >= 15 is 0 Å². The molecule has 2 aromatic rings. The van der Waals surface area contributed by atoms with Gasteiger partial charge in [0.15, 0.2) is 0 Å². The standard InChI is InChI=1S/C23H25NO5/c1-14(2)9-10-24-21(25)18-7-6-16(12-19(18)22(24)26)23(27)29-13-17-11-15(3)5-8-20(17)28-4/h5-8,11-12,14H,9-10,13H2,1-4H3. The number of ether oxygens (including phenoxy) is 2. The number of fused-ring (bicyclic) bond motifs is 1. The van der Waals surface area contributed by atoms with E-state index in [1.54, 1.807) is 7.11 Å². The molecular formula is C23H25NO5. The lowest BCUT2D eigenvalue weighted by Crippen LogP contribution is -2.31. The van der Waals surface area contributed by atoms with Gasteiger partial charge in [0.05, 0.1) is 23.8 Å². The molecule has 6 nitrogen and oxygen atoms in total. The zero-order chi connectivity index (χ0) is 21.1. The molecule has 0 aliphatic carbocycles. The molecule has 0 saturated heterocycles. The number of nitrogens with zero attached hydrogens (tertiary/aromatic N) is 1. The highest BCUT2D eigenvalue weighted by Crippen LogP contribution is 2.26. The van der Waals surface area contributed by atoms with E-state index in [0.717, 1.165) is 17.5 Å². The molecule has 3 rings (SSSR count). The van der Waals surface area contributed by atoms with Crippen LogP contribution in [0, 0.1) is 12.8 Å². The number of hydrogen-bond acceptors (Lipinski definition) is 5. The second-order valence-corrected chi connectivity index (χ2v) is 7.60. The molecule has 152 valence electrons. The molecule has 2 aromatic carbocycles. The van der Waals surface area contributed by atoms with Crippen LogP contribution in [0.4, 0.5) is 0 Å². The van der Waals surface area contributed by atoms with Crippen LogP contribution < -0.4 is 4.74 Å². The Kier molecular flexibility index (Phi) is 6.01. The average Bonchev–Trinajstić information content (AvgIpc) is 2.94. The molecule has 1 aliphatic rings. The van der Waals surface area contributed by atoms with Gasteiger partial charge in [0.1, 0.15) is 12.4 Å². The van der Waals surface area contributed by atoms with Gasteiger partial charge in [0.25, 0.3) is 11.8 Å². The number of rotatable bonds is 7. The number of esters is 1. The van der Waals surface area contributed by atoms with Gasteiger partial charge in [-0.2, -0.15) is 0 Å². The number of benzene rings is 2. The highest BCUT2D eigenvalue weighted by molar-refractivity contribution is 6.21. The average molecular weight is 395 g/mol. The number of imide groups is 1. The van der Waals surface area contributed by atoms with Crippen molar-refractivity contribution in [2.45, 2.75) is 33.8 Å². The normalized spacial score (nSPS) is 13.1. The highest BCUT2D eigenvalue weighted by Gasteiger charge is 2.35. The van der Waals surface area contributed by atoms with E-state index in [0.29, 0.717) is 23.8 Å². The predicted molar refractivity (Wildman–Crippen MR) is 108 cm³/mol. The summed E-state index contributed by atoms with van der Waals surface area (Å²) in [5.74, 6) is -0.213. The quantitative estimate of drug-likeness (QED) is 0.523. The third-order valence-electron chi connectivity index (χ3n) is 4.93. The van der Waals surface area contributed by atoms with E-state index in [1.807, 2.05) is 39.0 Å². The fourth-order valence-corrected chi connectivity index (χ4v) is 3.25. The number of carbonyl (C=O) groups is 3. The van der Waals surface area contributed by atoms with Gasteiger partial charge >= 0.3 is 5.97 Å². The second kappa shape index (κ2) is 8.47.